The molecule has 0 atom stereocenters. The zero-order valence-corrected chi connectivity index (χ0v) is 13.6. The second kappa shape index (κ2) is 7.81. The van der Waals surface area contributed by atoms with Crippen LogP contribution in [-0.2, 0) is 6.42 Å². The third-order valence-corrected chi connectivity index (χ3v) is 3.48. The lowest BCUT2D eigenvalue weighted by Gasteiger charge is -2.10. The van der Waals surface area contributed by atoms with Crippen LogP contribution in [0.1, 0.15) is 5.56 Å². The number of hydrogen-bond donors (Lipinski definition) is 1. The molecule has 1 aromatic carbocycles. The van der Waals surface area contributed by atoms with E-state index in [1.54, 1.807) is 24.7 Å². The quantitative estimate of drug-likeness (QED) is 0.717. The average molecular weight is 360 g/mol. The number of aromatic nitrogens is 3. The van der Waals surface area contributed by atoms with Crippen LogP contribution in [0.15, 0.2) is 61.2 Å². The second-order valence-corrected chi connectivity index (χ2v) is 5.39. The maximum atomic E-state index is 12.3. The molecule has 0 aliphatic rings. The molecule has 3 rings (SSSR count). The summed E-state index contributed by atoms with van der Waals surface area (Å²) in [7, 11) is 0. The molecule has 5 nitrogen and oxygen atoms in total. The fourth-order valence-corrected chi connectivity index (χ4v) is 2.31. The van der Waals surface area contributed by atoms with E-state index in [9.17, 15) is 13.2 Å². The lowest BCUT2D eigenvalue weighted by atomic mass is 10.1. The first-order valence-electron chi connectivity index (χ1n) is 7.81. The molecule has 2 aromatic heterocycles. The summed E-state index contributed by atoms with van der Waals surface area (Å²) < 4.78 is 40.8. The minimum absolute atomic E-state index is 0.295. The molecule has 0 saturated heterocycles. The summed E-state index contributed by atoms with van der Waals surface area (Å²) in [6.07, 6.45) is 2.59. The minimum Gasteiger partial charge on any atom is -0.406 e. The van der Waals surface area contributed by atoms with Crippen LogP contribution >= 0.6 is 0 Å². The maximum Gasteiger partial charge on any atom is 0.573 e. The molecule has 0 unspecified atom stereocenters. The minimum atomic E-state index is -4.73. The van der Waals surface area contributed by atoms with Crippen molar-refractivity contribution < 1.29 is 17.9 Å². The Morgan fingerprint density at radius 3 is 2.50 bits per heavy atom. The summed E-state index contributed by atoms with van der Waals surface area (Å²) in [5.74, 6) is 0.293. The van der Waals surface area contributed by atoms with E-state index in [-0.39, 0.29) is 5.75 Å². The third kappa shape index (κ3) is 5.17. The molecule has 0 aliphatic carbocycles. The van der Waals surface area contributed by atoms with E-state index in [1.807, 2.05) is 12.1 Å². The van der Waals surface area contributed by atoms with E-state index in [1.165, 1.54) is 24.4 Å². The third-order valence-electron chi connectivity index (χ3n) is 3.48. The van der Waals surface area contributed by atoms with Crippen LogP contribution in [0.3, 0.4) is 0 Å². The van der Waals surface area contributed by atoms with Gasteiger partial charge in [0.2, 0.25) is 0 Å². The maximum absolute atomic E-state index is 12.3. The molecule has 0 radical (unpaired) electrons. The molecule has 26 heavy (non-hydrogen) atoms. The largest absolute Gasteiger partial charge is 0.573 e. The number of ether oxygens (including phenoxy) is 1. The van der Waals surface area contributed by atoms with Gasteiger partial charge in [-0.1, -0.05) is 12.1 Å². The predicted octanol–water partition coefficient (Wildman–Crippen LogP) is 4.09. The van der Waals surface area contributed by atoms with Crippen molar-refractivity contribution in [3.05, 3.63) is 66.7 Å². The van der Waals surface area contributed by atoms with E-state index in [4.69, 9.17) is 0 Å². The van der Waals surface area contributed by atoms with Crippen LogP contribution in [0.2, 0.25) is 0 Å². The van der Waals surface area contributed by atoms with Crippen LogP contribution in [0, 0.1) is 0 Å². The monoisotopic (exact) mass is 360 g/mol. The van der Waals surface area contributed by atoms with Crippen LogP contribution in [-0.4, -0.2) is 27.9 Å². The van der Waals surface area contributed by atoms with Crippen LogP contribution in [0.25, 0.3) is 11.3 Å². The first kappa shape index (κ1) is 17.7. The molecule has 0 bridgehead atoms. The van der Waals surface area contributed by atoms with Crippen molar-refractivity contribution in [3.63, 3.8) is 0 Å². The van der Waals surface area contributed by atoms with Crippen molar-refractivity contribution in [1.29, 1.82) is 0 Å². The van der Waals surface area contributed by atoms with E-state index in [0.717, 1.165) is 12.0 Å². The van der Waals surface area contributed by atoms with Gasteiger partial charge in [-0.25, -0.2) is 4.98 Å². The molecule has 0 fully saturated rings. The molecule has 0 amide bonds. The standard InChI is InChI=1S/C18H15F3N4O/c19-18(20,21)26-15-3-1-2-14(10-15)16-11-25-17(12-24-16)23-9-6-13-4-7-22-8-5-13/h1-5,7-8,10-12H,6,9H2,(H,23,25). The van der Waals surface area contributed by atoms with Gasteiger partial charge >= 0.3 is 6.36 Å². The van der Waals surface area contributed by atoms with Gasteiger partial charge in [0, 0.05) is 24.5 Å². The van der Waals surface area contributed by atoms with E-state index in [0.29, 0.717) is 23.6 Å². The highest BCUT2D eigenvalue weighted by atomic mass is 19.4. The Hall–Kier alpha value is -3.16. The van der Waals surface area contributed by atoms with Crippen LogP contribution in [0.4, 0.5) is 19.0 Å². The fraction of sp³-hybridized carbons (Fsp3) is 0.167. The Kier molecular flexibility index (Phi) is 5.31. The first-order valence-corrected chi connectivity index (χ1v) is 7.81. The molecule has 1 N–H and O–H groups in total. The lowest BCUT2D eigenvalue weighted by Crippen LogP contribution is -2.17. The number of alkyl halides is 3. The second-order valence-electron chi connectivity index (χ2n) is 5.39. The zero-order valence-electron chi connectivity index (χ0n) is 13.6. The average Bonchev–Trinajstić information content (AvgIpc) is 2.62. The summed E-state index contributed by atoms with van der Waals surface area (Å²) in [6, 6.07) is 9.50. The summed E-state index contributed by atoms with van der Waals surface area (Å²) in [5.41, 5.74) is 2.10. The molecule has 8 heteroatoms. The highest BCUT2D eigenvalue weighted by molar-refractivity contribution is 5.60. The van der Waals surface area contributed by atoms with Crippen LogP contribution < -0.4 is 10.1 Å². The van der Waals surface area contributed by atoms with Crippen LogP contribution in [0.5, 0.6) is 5.75 Å². The highest BCUT2D eigenvalue weighted by Crippen LogP contribution is 2.27. The topological polar surface area (TPSA) is 59.9 Å². The van der Waals surface area contributed by atoms with Gasteiger partial charge in [0.15, 0.2) is 0 Å². The van der Waals surface area contributed by atoms with Gasteiger partial charge in [-0.3, -0.25) is 9.97 Å². The molecule has 0 aliphatic heterocycles. The van der Waals surface area contributed by atoms with Gasteiger partial charge in [0.1, 0.15) is 11.6 Å². The Balaban J connectivity index is 1.61. The van der Waals surface area contributed by atoms with Crippen molar-refractivity contribution in [2.24, 2.45) is 0 Å². The zero-order chi connectivity index (χ0) is 18.4. The lowest BCUT2D eigenvalue weighted by molar-refractivity contribution is -0.274. The van der Waals surface area contributed by atoms with Crippen molar-refractivity contribution >= 4 is 5.82 Å². The van der Waals surface area contributed by atoms with Gasteiger partial charge in [-0.15, -0.1) is 13.2 Å². The summed E-state index contributed by atoms with van der Waals surface area (Å²) in [4.78, 5) is 12.4. The van der Waals surface area contributed by atoms with E-state index >= 15 is 0 Å². The number of nitrogens with one attached hydrogen (secondary N) is 1. The molecule has 2 heterocycles. The summed E-state index contributed by atoms with van der Waals surface area (Å²) in [6.45, 7) is 0.674. The molecule has 0 spiro atoms. The van der Waals surface area contributed by atoms with Gasteiger partial charge in [-0.05, 0) is 36.2 Å². The SMILES string of the molecule is FC(F)(F)Oc1cccc(-c2cnc(NCCc3ccncc3)cn2)c1. The molecule has 3 aromatic rings. The Morgan fingerprint density at radius 2 is 1.81 bits per heavy atom. The summed E-state index contributed by atoms with van der Waals surface area (Å²) >= 11 is 0. The number of anilines is 1. The smallest absolute Gasteiger partial charge is 0.406 e. The van der Waals surface area contributed by atoms with E-state index in [2.05, 4.69) is 25.0 Å². The highest BCUT2D eigenvalue weighted by Gasteiger charge is 2.31. The first-order chi connectivity index (χ1) is 12.5. The molecular weight excluding hydrogens is 345 g/mol. The molecular formula is C18H15F3N4O. The van der Waals surface area contributed by atoms with Gasteiger partial charge < -0.3 is 10.1 Å². The van der Waals surface area contributed by atoms with Crippen molar-refractivity contribution in [2.75, 3.05) is 11.9 Å². The number of hydrogen-bond acceptors (Lipinski definition) is 5. The van der Waals surface area contributed by atoms with Crippen molar-refractivity contribution in [2.45, 2.75) is 12.8 Å². The predicted molar refractivity (Wildman–Crippen MR) is 90.6 cm³/mol. The number of benzene rings is 1. The number of pyridine rings is 1. The molecule has 0 saturated carbocycles. The molecule has 134 valence electrons. The number of rotatable bonds is 6. The fourth-order valence-electron chi connectivity index (χ4n) is 2.31. The van der Waals surface area contributed by atoms with Crippen molar-refractivity contribution in [3.8, 4) is 17.0 Å². The normalized spacial score (nSPS) is 11.2. The Bertz CT molecular complexity index is 839. The summed E-state index contributed by atoms with van der Waals surface area (Å²) in [5, 5.41) is 3.15. The Morgan fingerprint density at radius 1 is 1.00 bits per heavy atom. The van der Waals surface area contributed by atoms with Crippen molar-refractivity contribution in [1.82, 2.24) is 15.0 Å². The number of halogens is 3. The van der Waals surface area contributed by atoms with E-state index < -0.39 is 6.36 Å². The van der Waals surface area contributed by atoms with Gasteiger partial charge in [-0.2, -0.15) is 0 Å². The Labute approximate surface area is 147 Å². The van der Waals surface area contributed by atoms with Gasteiger partial charge in [0.25, 0.3) is 0 Å². The van der Waals surface area contributed by atoms with Gasteiger partial charge in [0.05, 0.1) is 18.1 Å². The number of nitrogens with zero attached hydrogens (tertiary/aromatic N) is 3.